The van der Waals surface area contributed by atoms with E-state index in [9.17, 15) is 0 Å². The first-order chi connectivity index (χ1) is 9.76. The Morgan fingerprint density at radius 3 is 2.70 bits per heavy atom. The average Bonchev–Trinajstić information content (AvgIpc) is 2.69. The number of methoxy groups -OCH3 is 1. The Morgan fingerprint density at radius 1 is 1.35 bits per heavy atom. The van der Waals surface area contributed by atoms with Crippen molar-refractivity contribution in [2.45, 2.75) is 43.8 Å². The summed E-state index contributed by atoms with van der Waals surface area (Å²) in [5.41, 5.74) is 1.07. The van der Waals surface area contributed by atoms with E-state index in [1.807, 2.05) is 18.3 Å². The van der Waals surface area contributed by atoms with Gasteiger partial charge < -0.3 is 10.1 Å². The first-order valence-corrected chi connectivity index (χ1v) is 7.77. The molecule has 0 aromatic carbocycles. The number of pyridine rings is 1. The summed E-state index contributed by atoms with van der Waals surface area (Å²) < 4.78 is 5.22. The molecular formula is C15H22ClN3O. The molecule has 2 saturated heterocycles. The summed E-state index contributed by atoms with van der Waals surface area (Å²) in [5, 5.41) is 4.15. The van der Waals surface area contributed by atoms with Gasteiger partial charge in [0.2, 0.25) is 0 Å². The van der Waals surface area contributed by atoms with E-state index in [1.54, 1.807) is 7.11 Å². The van der Waals surface area contributed by atoms with Gasteiger partial charge in [0.25, 0.3) is 0 Å². The van der Waals surface area contributed by atoms with Gasteiger partial charge in [-0.25, -0.2) is 4.98 Å². The minimum Gasteiger partial charge on any atom is -0.383 e. The van der Waals surface area contributed by atoms with Crippen LogP contribution < -0.4 is 5.32 Å². The van der Waals surface area contributed by atoms with Gasteiger partial charge in [-0.05, 0) is 37.8 Å². The lowest BCUT2D eigenvalue weighted by molar-refractivity contribution is 0.0865. The molecular weight excluding hydrogens is 274 g/mol. The predicted molar refractivity (Wildman–Crippen MR) is 81.3 cm³/mol. The normalized spacial score (nSPS) is 29.6. The van der Waals surface area contributed by atoms with Gasteiger partial charge in [-0.15, -0.1) is 0 Å². The molecule has 0 aliphatic carbocycles. The van der Waals surface area contributed by atoms with Crippen LogP contribution in [0.2, 0.25) is 5.15 Å². The fourth-order valence-electron chi connectivity index (χ4n) is 3.65. The second-order valence-corrected chi connectivity index (χ2v) is 6.19. The minimum absolute atomic E-state index is 0.546. The standard InChI is InChI=1S/C15H22ClN3O/c1-20-7-6-19-13-3-4-14(19)9-12(8-13)18-11-2-5-15(16)17-10-11/h2,5,10,12-14,18H,3-4,6-9H2,1H3. The number of halogens is 1. The fraction of sp³-hybridized carbons (Fsp3) is 0.667. The number of fused-ring (bicyclic) bond motifs is 2. The molecule has 2 atom stereocenters. The molecule has 0 amide bonds. The molecule has 0 radical (unpaired) electrons. The Kier molecular flexibility index (Phi) is 4.44. The van der Waals surface area contributed by atoms with Gasteiger partial charge in [-0.2, -0.15) is 0 Å². The second kappa shape index (κ2) is 6.29. The summed E-state index contributed by atoms with van der Waals surface area (Å²) in [5.74, 6) is 0. The zero-order valence-corrected chi connectivity index (χ0v) is 12.6. The maximum atomic E-state index is 5.82. The summed E-state index contributed by atoms with van der Waals surface area (Å²) in [4.78, 5) is 6.77. The lowest BCUT2D eigenvalue weighted by Gasteiger charge is -2.39. The number of rotatable bonds is 5. The van der Waals surface area contributed by atoms with Crippen LogP contribution in [0.3, 0.4) is 0 Å². The maximum absolute atomic E-state index is 5.82. The highest BCUT2D eigenvalue weighted by Crippen LogP contribution is 2.36. The van der Waals surface area contributed by atoms with Crippen molar-refractivity contribution in [1.82, 2.24) is 9.88 Å². The van der Waals surface area contributed by atoms with E-state index in [2.05, 4.69) is 15.2 Å². The van der Waals surface area contributed by atoms with Crippen molar-refractivity contribution in [2.24, 2.45) is 0 Å². The fourth-order valence-corrected chi connectivity index (χ4v) is 3.76. The maximum Gasteiger partial charge on any atom is 0.129 e. The van der Waals surface area contributed by atoms with Crippen LogP contribution in [-0.4, -0.2) is 48.3 Å². The summed E-state index contributed by atoms with van der Waals surface area (Å²) in [7, 11) is 1.78. The lowest BCUT2D eigenvalue weighted by Crippen LogP contribution is -2.47. The third-order valence-electron chi connectivity index (χ3n) is 4.54. The Labute approximate surface area is 125 Å². The molecule has 2 fully saturated rings. The van der Waals surface area contributed by atoms with E-state index >= 15 is 0 Å². The number of aromatic nitrogens is 1. The Bertz CT molecular complexity index is 425. The van der Waals surface area contributed by atoms with Crippen LogP contribution in [-0.2, 0) is 4.74 Å². The number of nitrogens with zero attached hydrogens (tertiary/aromatic N) is 2. The van der Waals surface area contributed by atoms with Gasteiger partial charge in [0, 0.05) is 31.8 Å². The van der Waals surface area contributed by atoms with Crippen LogP contribution in [0.15, 0.2) is 18.3 Å². The highest BCUT2D eigenvalue weighted by molar-refractivity contribution is 6.29. The Hall–Kier alpha value is -0.840. The number of anilines is 1. The molecule has 3 rings (SSSR count). The molecule has 2 bridgehead atoms. The zero-order valence-electron chi connectivity index (χ0n) is 11.9. The minimum atomic E-state index is 0.546. The van der Waals surface area contributed by atoms with Crippen LogP contribution in [0.25, 0.3) is 0 Å². The highest BCUT2D eigenvalue weighted by Gasteiger charge is 2.40. The first kappa shape index (κ1) is 14.1. The summed E-state index contributed by atoms with van der Waals surface area (Å²) in [6, 6.07) is 5.82. The van der Waals surface area contributed by atoms with Crippen LogP contribution in [0.4, 0.5) is 5.69 Å². The smallest absolute Gasteiger partial charge is 0.129 e. The number of hydrogen-bond acceptors (Lipinski definition) is 4. The molecule has 20 heavy (non-hydrogen) atoms. The van der Waals surface area contributed by atoms with Crippen molar-refractivity contribution >= 4 is 17.3 Å². The molecule has 2 aliphatic heterocycles. The molecule has 1 aromatic rings. The topological polar surface area (TPSA) is 37.4 Å². The molecule has 0 spiro atoms. The zero-order chi connectivity index (χ0) is 13.9. The van der Waals surface area contributed by atoms with Crippen molar-refractivity contribution in [3.05, 3.63) is 23.5 Å². The molecule has 5 heteroatoms. The van der Waals surface area contributed by atoms with Crippen LogP contribution >= 0.6 is 11.6 Å². The van der Waals surface area contributed by atoms with Gasteiger partial charge in [-0.3, -0.25) is 4.90 Å². The summed E-state index contributed by atoms with van der Waals surface area (Å²) in [6.07, 6.45) is 6.89. The predicted octanol–water partition coefficient (Wildman–Crippen LogP) is 2.79. The van der Waals surface area contributed by atoms with Crippen LogP contribution in [0.1, 0.15) is 25.7 Å². The monoisotopic (exact) mass is 295 g/mol. The van der Waals surface area contributed by atoms with E-state index in [0.29, 0.717) is 23.3 Å². The molecule has 1 N–H and O–H groups in total. The average molecular weight is 296 g/mol. The van der Waals surface area contributed by atoms with Crippen molar-refractivity contribution in [1.29, 1.82) is 0 Å². The van der Waals surface area contributed by atoms with Gasteiger partial charge in [0.15, 0.2) is 0 Å². The molecule has 2 aliphatic rings. The number of nitrogens with one attached hydrogen (secondary N) is 1. The second-order valence-electron chi connectivity index (χ2n) is 5.80. The van der Waals surface area contributed by atoms with Gasteiger partial charge in [0.1, 0.15) is 5.15 Å². The summed E-state index contributed by atoms with van der Waals surface area (Å²) in [6.45, 7) is 1.91. The van der Waals surface area contributed by atoms with E-state index in [-0.39, 0.29) is 0 Å². The third-order valence-corrected chi connectivity index (χ3v) is 4.76. The number of piperidine rings is 1. The summed E-state index contributed by atoms with van der Waals surface area (Å²) >= 11 is 5.82. The van der Waals surface area contributed by atoms with Crippen molar-refractivity contribution in [3.8, 4) is 0 Å². The SMILES string of the molecule is COCCN1C2CCC1CC(Nc1ccc(Cl)nc1)C2. The van der Waals surface area contributed by atoms with E-state index < -0.39 is 0 Å². The van der Waals surface area contributed by atoms with Crippen LogP contribution in [0, 0.1) is 0 Å². The lowest BCUT2D eigenvalue weighted by atomic mass is 9.97. The molecule has 3 heterocycles. The first-order valence-electron chi connectivity index (χ1n) is 7.39. The van der Waals surface area contributed by atoms with Crippen LogP contribution in [0.5, 0.6) is 0 Å². The van der Waals surface area contributed by atoms with E-state index in [4.69, 9.17) is 16.3 Å². The quantitative estimate of drug-likeness (QED) is 0.848. The molecule has 4 nitrogen and oxygen atoms in total. The van der Waals surface area contributed by atoms with Crippen molar-refractivity contribution in [3.63, 3.8) is 0 Å². The van der Waals surface area contributed by atoms with Gasteiger partial charge in [0.05, 0.1) is 18.5 Å². The highest BCUT2D eigenvalue weighted by atomic mass is 35.5. The molecule has 1 aromatic heterocycles. The van der Waals surface area contributed by atoms with Gasteiger partial charge >= 0.3 is 0 Å². The van der Waals surface area contributed by atoms with Crippen molar-refractivity contribution in [2.75, 3.05) is 25.6 Å². The molecule has 110 valence electrons. The van der Waals surface area contributed by atoms with Crippen molar-refractivity contribution < 1.29 is 4.74 Å². The Balaban J connectivity index is 1.58. The largest absolute Gasteiger partial charge is 0.383 e. The van der Waals surface area contributed by atoms with E-state index in [1.165, 1.54) is 25.7 Å². The van der Waals surface area contributed by atoms with E-state index in [0.717, 1.165) is 18.8 Å². The molecule has 0 saturated carbocycles. The number of hydrogen-bond donors (Lipinski definition) is 1. The molecule has 2 unspecified atom stereocenters. The Morgan fingerprint density at radius 2 is 2.10 bits per heavy atom. The third kappa shape index (κ3) is 3.08. The number of ether oxygens (including phenoxy) is 1. The van der Waals surface area contributed by atoms with Gasteiger partial charge in [-0.1, -0.05) is 11.6 Å².